The summed E-state index contributed by atoms with van der Waals surface area (Å²) in [6.07, 6.45) is 0. The van der Waals surface area contributed by atoms with Crippen molar-refractivity contribution in [1.29, 1.82) is 0 Å². The molecule has 0 atom stereocenters. The minimum atomic E-state index is 0.381. The molecule has 120 valence electrons. The van der Waals surface area contributed by atoms with Crippen LogP contribution in [0.25, 0.3) is 0 Å². The van der Waals surface area contributed by atoms with Crippen molar-refractivity contribution in [2.24, 2.45) is 4.99 Å². The molecule has 0 aliphatic carbocycles. The molecule has 0 amide bonds. The fraction of sp³-hybridized carbons (Fsp3) is 0.278. The first-order valence-corrected chi connectivity index (χ1v) is 7.53. The summed E-state index contributed by atoms with van der Waals surface area (Å²) < 4.78 is 16.6. The fourth-order valence-electron chi connectivity index (χ4n) is 2.53. The van der Waals surface area contributed by atoms with Crippen LogP contribution in [0.3, 0.4) is 0 Å². The molecule has 0 saturated carbocycles. The highest BCUT2D eigenvalue weighted by atomic mass is 16.5. The molecule has 2 aromatic carbocycles. The standard InChI is InChI=1S/C18H20N2O3/c1-21-16-4-3-5-17(22-2)15(16)12-23-14-8-6-13(7-9-14)18-19-10-11-20-18/h3-9H,10-12H2,1-2H3,(H,19,20). The van der Waals surface area contributed by atoms with Crippen LogP contribution in [0.1, 0.15) is 11.1 Å². The predicted octanol–water partition coefficient (Wildman–Crippen LogP) is 2.63. The van der Waals surface area contributed by atoms with Crippen LogP contribution < -0.4 is 19.5 Å². The van der Waals surface area contributed by atoms with Crippen molar-refractivity contribution >= 4 is 5.84 Å². The number of ether oxygens (including phenoxy) is 3. The molecule has 5 nitrogen and oxygen atoms in total. The second-order valence-electron chi connectivity index (χ2n) is 5.11. The lowest BCUT2D eigenvalue weighted by Gasteiger charge is -2.14. The second kappa shape index (κ2) is 7.05. The molecule has 1 aliphatic heterocycles. The van der Waals surface area contributed by atoms with Gasteiger partial charge in [-0.05, 0) is 36.4 Å². The molecule has 1 heterocycles. The molecule has 0 radical (unpaired) electrons. The summed E-state index contributed by atoms with van der Waals surface area (Å²) in [5.74, 6) is 3.25. The Hall–Kier alpha value is -2.69. The highest BCUT2D eigenvalue weighted by Crippen LogP contribution is 2.29. The number of nitrogens with zero attached hydrogens (tertiary/aromatic N) is 1. The average Bonchev–Trinajstić information content (AvgIpc) is 3.14. The smallest absolute Gasteiger partial charge is 0.129 e. The van der Waals surface area contributed by atoms with Gasteiger partial charge in [-0.25, -0.2) is 0 Å². The summed E-state index contributed by atoms with van der Waals surface area (Å²) in [6, 6.07) is 13.6. The van der Waals surface area contributed by atoms with Crippen LogP contribution >= 0.6 is 0 Å². The topological polar surface area (TPSA) is 52.1 Å². The third kappa shape index (κ3) is 3.39. The quantitative estimate of drug-likeness (QED) is 0.891. The molecule has 0 aromatic heterocycles. The average molecular weight is 312 g/mol. The van der Waals surface area contributed by atoms with Crippen LogP contribution in [-0.4, -0.2) is 33.1 Å². The van der Waals surface area contributed by atoms with E-state index in [1.54, 1.807) is 14.2 Å². The van der Waals surface area contributed by atoms with E-state index >= 15 is 0 Å². The van der Waals surface area contributed by atoms with Crippen LogP contribution in [0.5, 0.6) is 17.2 Å². The van der Waals surface area contributed by atoms with Crippen molar-refractivity contribution in [3.8, 4) is 17.2 Å². The summed E-state index contributed by atoms with van der Waals surface area (Å²) >= 11 is 0. The van der Waals surface area contributed by atoms with E-state index in [9.17, 15) is 0 Å². The largest absolute Gasteiger partial charge is 0.496 e. The van der Waals surface area contributed by atoms with Gasteiger partial charge in [0.1, 0.15) is 29.7 Å². The minimum absolute atomic E-state index is 0.381. The summed E-state index contributed by atoms with van der Waals surface area (Å²) in [6.45, 7) is 2.12. The predicted molar refractivity (Wildman–Crippen MR) is 89.7 cm³/mol. The van der Waals surface area contributed by atoms with Gasteiger partial charge in [-0.2, -0.15) is 0 Å². The number of amidine groups is 1. The first-order valence-electron chi connectivity index (χ1n) is 7.53. The Morgan fingerprint density at radius 3 is 2.26 bits per heavy atom. The summed E-state index contributed by atoms with van der Waals surface area (Å²) in [5.41, 5.74) is 1.97. The summed E-state index contributed by atoms with van der Waals surface area (Å²) in [4.78, 5) is 4.41. The van der Waals surface area contributed by atoms with Gasteiger partial charge in [-0.15, -0.1) is 0 Å². The van der Waals surface area contributed by atoms with Crippen molar-refractivity contribution < 1.29 is 14.2 Å². The van der Waals surface area contributed by atoms with Crippen molar-refractivity contribution in [3.63, 3.8) is 0 Å². The molecule has 23 heavy (non-hydrogen) atoms. The molecule has 3 rings (SSSR count). The molecule has 5 heteroatoms. The molecular weight excluding hydrogens is 292 g/mol. The maximum absolute atomic E-state index is 5.87. The zero-order chi connectivity index (χ0) is 16.1. The van der Waals surface area contributed by atoms with Gasteiger partial charge in [0.2, 0.25) is 0 Å². The van der Waals surface area contributed by atoms with E-state index in [0.717, 1.165) is 47.3 Å². The van der Waals surface area contributed by atoms with E-state index in [1.165, 1.54) is 0 Å². The van der Waals surface area contributed by atoms with E-state index in [2.05, 4.69) is 10.3 Å². The Balaban J connectivity index is 1.71. The highest BCUT2D eigenvalue weighted by molar-refractivity contribution is 5.99. The summed E-state index contributed by atoms with van der Waals surface area (Å²) in [5, 5.41) is 3.26. The van der Waals surface area contributed by atoms with E-state index in [4.69, 9.17) is 14.2 Å². The number of aliphatic imine (C=N–C) groups is 1. The number of hydrogen-bond acceptors (Lipinski definition) is 5. The number of methoxy groups -OCH3 is 2. The lowest BCUT2D eigenvalue weighted by molar-refractivity contribution is 0.286. The Labute approximate surface area is 135 Å². The van der Waals surface area contributed by atoms with E-state index < -0.39 is 0 Å². The van der Waals surface area contributed by atoms with E-state index in [1.807, 2.05) is 42.5 Å². The van der Waals surface area contributed by atoms with Crippen LogP contribution in [0.2, 0.25) is 0 Å². The normalized spacial score (nSPS) is 13.2. The molecular formula is C18H20N2O3. The fourth-order valence-corrected chi connectivity index (χ4v) is 2.53. The Morgan fingerprint density at radius 2 is 1.70 bits per heavy atom. The first kappa shape index (κ1) is 15.2. The van der Waals surface area contributed by atoms with Gasteiger partial charge < -0.3 is 19.5 Å². The number of nitrogens with one attached hydrogen (secondary N) is 1. The van der Waals surface area contributed by atoms with E-state index in [-0.39, 0.29) is 0 Å². The van der Waals surface area contributed by atoms with Crippen LogP contribution in [0.15, 0.2) is 47.5 Å². The van der Waals surface area contributed by atoms with Crippen LogP contribution in [0, 0.1) is 0 Å². The maximum atomic E-state index is 5.87. The van der Waals surface area contributed by atoms with Gasteiger partial charge in [0.15, 0.2) is 0 Å². The van der Waals surface area contributed by atoms with Gasteiger partial charge in [-0.3, -0.25) is 4.99 Å². The summed E-state index contributed by atoms with van der Waals surface area (Å²) in [7, 11) is 3.28. The third-order valence-corrected chi connectivity index (χ3v) is 3.71. The molecule has 2 aromatic rings. The Kier molecular flexibility index (Phi) is 4.66. The van der Waals surface area contributed by atoms with Crippen molar-refractivity contribution in [2.45, 2.75) is 6.61 Å². The van der Waals surface area contributed by atoms with Crippen molar-refractivity contribution in [2.75, 3.05) is 27.3 Å². The molecule has 0 unspecified atom stereocenters. The SMILES string of the molecule is COc1cccc(OC)c1COc1ccc(C2=NCCN2)cc1. The van der Waals surface area contributed by atoms with Gasteiger partial charge in [0.05, 0.1) is 26.3 Å². The van der Waals surface area contributed by atoms with Crippen molar-refractivity contribution in [1.82, 2.24) is 5.32 Å². The lowest BCUT2D eigenvalue weighted by Crippen LogP contribution is -2.19. The van der Waals surface area contributed by atoms with E-state index in [0.29, 0.717) is 6.61 Å². The van der Waals surface area contributed by atoms with Gasteiger partial charge >= 0.3 is 0 Å². The molecule has 0 bridgehead atoms. The number of rotatable bonds is 6. The van der Waals surface area contributed by atoms with Crippen molar-refractivity contribution in [3.05, 3.63) is 53.6 Å². The lowest BCUT2D eigenvalue weighted by atomic mass is 10.2. The first-order chi connectivity index (χ1) is 11.3. The van der Waals surface area contributed by atoms with Crippen LogP contribution in [-0.2, 0) is 6.61 Å². The highest BCUT2D eigenvalue weighted by Gasteiger charge is 2.11. The van der Waals surface area contributed by atoms with Gasteiger partial charge in [-0.1, -0.05) is 6.07 Å². The Morgan fingerprint density at radius 1 is 1.00 bits per heavy atom. The third-order valence-electron chi connectivity index (χ3n) is 3.71. The second-order valence-corrected chi connectivity index (χ2v) is 5.11. The van der Waals surface area contributed by atoms with Gasteiger partial charge in [0.25, 0.3) is 0 Å². The molecule has 0 spiro atoms. The monoisotopic (exact) mass is 312 g/mol. The number of hydrogen-bond donors (Lipinski definition) is 1. The zero-order valence-corrected chi connectivity index (χ0v) is 13.3. The molecule has 1 aliphatic rings. The molecule has 0 fully saturated rings. The molecule has 1 N–H and O–H groups in total. The maximum Gasteiger partial charge on any atom is 0.129 e. The molecule has 0 saturated heterocycles. The number of benzene rings is 2. The van der Waals surface area contributed by atoms with Gasteiger partial charge in [0, 0.05) is 12.1 Å². The van der Waals surface area contributed by atoms with Crippen LogP contribution in [0.4, 0.5) is 0 Å². The Bertz CT molecular complexity index is 674. The minimum Gasteiger partial charge on any atom is -0.496 e. The zero-order valence-electron chi connectivity index (χ0n) is 13.3.